The van der Waals surface area contributed by atoms with Crippen molar-refractivity contribution in [2.45, 2.75) is 0 Å². The lowest BCUT2D eigenvalue weighted by Crippen LogP contribution is -2.11. The summed E-state index contributed by atoms with van der Waals surface area (Å²) in [6.45, 7) is 3.30. The smallest absolute Gasteiger partial charge is 0.307 e. The maximum atomic E-state index is 13.9. The number of anilines is 4. The fraction of sp³-hybridized carbons (Fsp3) is 0.158. The number of ether oxygens (including phenoxy) is 1. The zero-order chi connectivity index (χ0) is 22.8. The van der Waals surface area contributed by atoms with Gasteiger partial charge in [-0.05, 0) is 25.5 Å². The van der Waals surface area contributed by atoms with Crippen molar-refractivity contribution in [3.63, 3.8) is 0 Å². The minimum Gasteiger partial charge on any atom is -0.494 e. The molecule has 0 saturated carbocycles. The van der Waals surface area contributed by atoms with Gasteiger partial charge in [0.2, 0.25) is 11.8 Å². The van der Waals surface area contributed by atoms with Gasteiger partial charge in [-0.15, -0.1) is 0 Å². The maximum Gasteiger partial charge on any atom is 0.307 e. The van der Waals surface area contributed by atoms with Gasteiger partial charge in [-0.2, -0.15) is 9.37 Å². The summed E-state index contributed by atoms with van der Waals surface area (Å²) in [7, 11) is -1.29. The van der Waals surface area contributed by atoms with E-state index in [4.69, 9.17) is 16.3 Å². The fourth-order valence-corrected chi connectivity index (χ4v) is 4.06. The molecule has 0 amide bonds. The molecule has 0 atom stereocenters. The molecule has 1 heterocycles. The molecule has 1 aromatic heterocycles. The Balaban J connectivity index is 1.98. The molecule has 0 aliphatic carbocycles. The van der Waals surface area contributed by atoms with Crippen LogP contribution in [-0.2, 0) is 4.57 Å². The van der Waals surface area contributed by atoms with E-state index in [1.54, 1.807) is 37.6 Å². The summed E-state index contributed by atoms with van der Waals surface area (Å²) in [6.07, 6.45) is 1.32. The number of nitro benzene ring substituents is 1. The van der Waals surface area contributed by atoms with Gasteiger partial charge in [0.1, 0.15) is 17.9 Å². The second kappa shape index (κ2) is 8.87. The summed E-state index contributed by atoms with van der Waals surface area (Å²) < 4.78 is 31.5. The normalized spacial score (nSPS) is 11.1. The number of aromatic nitrogens is 2. The van der Waals surface area contributed by atoms with Crippen molar-refractivity contribution in [2.24, 2.45) is 0 Å². The molecule has 162 valence electrons. The van der Waals surface area contributed by atoms with Crippen molar-refractivity contribution in [2.75, 3.05) is 31.1 Å². The van der Waals surface area contributed by atoms with Crippen molar-refractivity contribution >= 4 is 52.9 Å². The van der Waals surface area contributed by atoms with E-state index in [9.17, 15) is 19.1 Å². The van der Waals surface area contributed by atoms with Gasteiger partial charge in [0, 0.05) is 17.4 Å². The standard InChI is InChI=1S/C19H18ClFN5O4P/c1-30-16-8-12(21)15(26(27)28)9-14(16)24-19-22-10-11(20)18(25-19)23-13-6-4-5-7-17(13)31(2,3)29/h4-10H,1-3H3,(H2,22,23,24,25). The molecule has 3 aromatic rings. The van der Waals surface area contributed by atoms with Crippen molar-refractivity contribution in [3.05, 3.63) is 63.5 Å². The topological polar surface area (TPSA) is 119 Å². The van der Waals surface area contributed by atoms with Gasteiger partial charge in [-0.3, -0.25) is 10.1 Å². The first-order chi connectivity index (χ1) is 14.6. The molecule has 0 fully saturated rings. The van der Waals surface area contributed by atoms with Crippen LogP contribution in [0.1, 0.15) is 0 Å². The van der Waals surface area contributed by atoms with E-state index in [0.29, 0.717) is 11.0 Å². The van der Waals surface area contributed by atoms with E-state index >= 15 is 0 Å². The van der Waals surface area contributed by atoms with Crippen LogP contribution in [0.4, 0.5) is 33.2 Å². The molecule has 31 heavy (non-hydrogen) atoms. The van der Waals surface area contributed by atoms with Crippen LogP contribution in [0.5, 0.6) is 5.75 Å². The molecule has 0 bridgehead atoms. The van der Waals surface area contributed by atoms with Crippen molar-refractivity contribution < 1.29 is 18.6 Å². The average molecular weight is 466 g/mol. The molecule has 0 unspecified atom stereocenters. The lowest BCUT2D eigenvalue weighted by Gasteiger charge is -2.16. The third kappa shape index (κ3) is 5.10. The Morgan fingerprint density at radius 1 is 1.19 bits per heavy atom. The Morgan fingerprint density at radius 2 is 1.90 bits per heavy atom. The van der Waals surface area contributed by atoms with E-state index in [0.717, 1.165) is 12.1 Å². The Labute approximate surface area is 182 Å². The molecule has 3 rings (SSSR count). The highest BCUT2D eigenvalue weighted by molar-refractivity contribution is 7.70. The molecule has 2 N–H and O–H groups in total. The van der Waals surface area contributed by atoms with Crippen LogP contribution in [0.2, 0.25) is 5.02 Å². The summed E-state index contributed by atoms with van der Waals surface area (Å²) in [4.78, 5) is 18.5. The van der Waals surface area contributed by atoms with Crippen molar-refractivity contribution in [3.8, 4) is 5.75 Å². The molecular weight excluding hydrogens is 448 g/mol. The number of hydrogen-bond donors (Lipinski definition) is 2. The molecule has 0 saturated heterocycles. The molecule has 0 aliphatic rings. The minimum absolute atomic E-state index is 0.0272. The monoisotopic (exact) mass is 465 g/mol. The quantitative estimate of drug-likeness (QED) is 0.286. The Morgan fingerprint density at radius 3 is 2.55 bits per heavy atom. The number of nitrogens with zero attached hydrogens (tertiary/aromatic N) is 3. The van der Waals surface area contributed by atoms with E-state index in [1.807, 2.05) is 0 Å². The van der Waals surface area contributed by atoms with Crippen LogP contribution in [0.25, 0.3) is 0 Å². The molecule has 0 aliphatic heterocycles. The first-order valence-electron chi connectivity index (χ1n) is 8.83. The van der Waals surface area contributed by atoms with Gasteiger partial charge in [0.05, 0.1) is 29.6 Å². The molecular formula is C19H18ClFN5O4P. The number of methoxy groups -OCH3 is 1. The predicted octanol–water partition coefficient (Wildman–Crippen LogP) is 4.92. The van der Waals surface area contributed by atoms with Gasteiger partial charge in [0.15, 0.2) is 5.82 Å². The summed E-state index contributed by atoms with van der Waals surface area (Å²) in [5.41, 5.74) is -0.0699. The highest BCUT2D eigenvalue weighted by Gasteiger charge is 2.20. The molecule has 0 radical (unpaired) electrons. The lowest BCUT2D eigenvalue weighted by atomic mass is 10.2. The van der Waals surface area contributed by atoms with Crippen molar-refractivity contribution in [1.82, 2.24) is 9.97 Å². The number of halogens is 2. The van der Waals surface area contributed by atoms with Gasteiger partial charge < -0.3 is 19.9 Å². The molecule has 0 spiro atoms. The Bertz CT molecular complexity index is 1200. The number of para-hydroxylation sites is 1. The summed E-state index contributed by atoms with van der Waals surface area (Å²) in [5, 5.41) is 17.7. The van der Waals surface area contributed by atoms with Gasteiger partial charge >= 0.3 is 5.69 Å². The van der Waals surface area contributed by atoms with E-state index in [-0.39, 0.29) is 28.2 Å². The fourth-order valence-electron chi connectivity index (χ4n) is 2.76. The average Bonchev–Trinajstić information content (AvgIpc) is 2.70. The second-order valence-corrected chi connectivity index (χ2v) is 10.4. The number of nitro groups is 1. The first kappa shape index (κ1) is 22.5. The number of nitrogens with one attached hydrogen (secondary N) is 2. The zero-order valence-corrected chi connectivity index (χ0v) is 18.4. The minimum atomic E-state index is -2.59. The van der Waals surface area contributed by atoms with Gasteiger partial charge in [-0.1, -0.05) is 23.7 Å². The maximum absolute atomic E-state index is 13.9. The van der Waals surface area contributed by atoms with Gasteiger partial charge in [-0.25, -0.2) is 4.98 Å². The highest BCUT2D eigenvalue weighted by atomic mass is 35.5. The predicted molar refractivity (Wildman–Crippen MR) is 119 cm³/mol. The summed E-state index contributed by atoms with van der Waals surface area (Å²) >= 11 is 6.21. The summed E-state index contributed by atoms with van der Waals surface area (Å²) in [5.74, 6) is -0.762. The van der Waals surface area contributed by atoms with Crippen LogP contribution in [0.15, 0.2) is 42.6 Å². The van der Waals surface area contributed by atoms with Crippen LogP contribution in [-0.4, -0.2) is 35.3 Å². The second-order valence-electron chi connectivity index (χ2n) is 6.77. The van der Waals surface area contributed by atoms with Gasteiger partial charge in [0.25, 0.3) is 0 Å². The SMILES string of the molecule is COc1cc(F)c([N+](=O)[O-])cc1Nc1ncc(Cl)c(Nc2ccccc2P(C)(C)=O)n1. The summed E-state index contributed by atoms with van der Waals surface area (Å²) in [6, 6.07) is 8.93. The first-order valence-corrected chi connectivity index (χ1v) is 11.8. The Kier molecular flexibility index (Phi) is 6.42. The molecule has 12 heteroatoms. The van der Waals surface area contributed by atoms with Crippen molar-refractivity contribution in [1.29, 1.82) is 0 Å². The number of rotatable bonds is 7. The van der Waals surface area contributed by atoms with E-state index in [2.05, 4.69) is 20.6 Å². The van der Waals surface area contributed by atoms with E-state index < -0.39 is 23.6 Å². The lowest BCUT2D eigenvalue weighted by molar-refractivity contribution is -0.387. The van der Waals surface area contributed by atoms with E-state index in [1.165, 1.54) is 13.3 Å². The number of hydrogen-bond acceptors (Lipinski definition) is 8. The third-order valence-corrected chi connectivity index (χ3v) is 6.02. The van der Waals surface area contributed by atoms with Crippen LogP contribution in [0, 0.1) is 15.9 Å². The zero-order valence-electron chi connectivity index (χ0n) is 16.7. The molecule has 9 nitrogen and oxygen atoms in total. The largest absolute Gasteiger partial charge is 0.494 e. The molecule has 2 aromatic carbocycles. The Hall–Kier alpha value is -3.23. The highest BCUT2D eigenvalue weighted by Crippen LogP contribution is 2.39. The van der Waals surface area contributed by atoms with Crippen LogP contribution >= 0.6 is 18.7 Å². The van der Waals surface area contributed by atoms with Crippen LogP contribution < -0.4 is 20.7 Å². The van der Waals surface area contributed by atoms with Crippen LogP contribution in [0.3, 0.4) is 0 Å². The number of benzene rings is 2. The third-order valence-electron chi connectivity index (χ3n) is 4.19.